The summed E-state index contributed by atoms with van der Waals surface area (Å²) in [6, 6.07) is 17.2. The topological polar surface area (TPSA) is 83.0 Å². The molecule has 3 rings (SSSR count). The minimum absolute atomic E-state index is 0. The fourth-order valence-corrected chi connectivity index (χ4v) is 3.52. The van der Waals surface area contributed by atoms with E-state index in [2.05, 4.69) is 15.6 Å². The van der Waals surface area contributed by atoms with Gasteiger partial charge in [-0.3, -0.25) is 9.79 Å². The average molecular weight is 550 g/mol. The van der Waals surface area contributed by atoms with Gasteiger partial charge in [-0.25, -0.2) is 4.79 Å². The number of ether oxygens (including phenoxy) is 1. The van der Waals surface area contributed by atoms with Gasteiger partial charge in [-0.2, -0.15) is 0 Å². The minimum atomic E-state index is -0.347. The number of nitrogens with one attached hydrogen (secondary N) is 2. The third-order valence-corrected chi connectivity index (χ3v) is 5.24. The quantitative estimate of drug-likeness (QED) is 0.239. The van der Waals surface area contributed by atoms with Crippen molar-refractivity contribution < 1.29 is 14.3 Å². The van der Waals surface area contributed by atoms with Crippen molar-refractivity contribution in [3.8, 4) is 0 Å². The molecule has 32 heavy (non-hydrogen) atoms. The number of hydrogen-bond acceptors (Lipinski definition) is 4. The summed E-state index contributed by atoms with van der Waals surface area (Å²) in [6.45, 7) is 4.11. The summed E-state index contributed by atoms with van der Waals surface area (Å²) < 4.78 is 5.42. The highest BCUT2D eigenvalue weighted by Crippen LogP contribution is 2.11. The Labute approximate surface area is 206 Å². The molecular formula is C24H31IN4O3. The second-order valence-electron chi connectivity index (χ2n) is 7.51. The summed E-state index contributed by atoms with van der Waals surface area (Å²) >= 11 is 0. The van der Waals surface area contributed by atoms with Crippen LogP contribution in [0, 0.1) is 0 Å². The van der Waals surface area contributed by atoms with Crippen LogP contribution in [-0.2, 0) is 22.7 Å². The van der Waals surface area contributed by atoms with Crippen LogP contribution in [0.1, 0.15) is 41.3 Å². The molecule has 1 aliphatic heterocycles. The highest BCUT2D eigenvalue weighted by molar-refractivity contribution is 14.0. The zero-order chi connectivity index (χ0) is 22.1. The van der Waals surface area contributed by atoms with E-state index in [9.17, 15) is 9.59 Å². The van der Waals surface area contributed by atoms with Crippen molar-refractivity contribution in [1.82, 2.24) is 15.5 Å². The molecular weight excluding hydrogens is 519 g/mol. The molecule has 2 aromatic carbocycles. The molecule has 2 aromatic rings. The van der Waals surface area contributed by atoms with Crippen molar-refractivity contribution in [3.05, 3.63) is 71.3 Å². The number of amides is 1. The maximum atomic E-state index is 12.4. The Balaban J connectivity index is 0.00000363. The Kier molecular flexibility index (Phi) is 10.5. The Morgan fingerprint density at radius 3 is 2.59 bits per heavy atom. The van der Waals surface area contributed by atoms with Crippen molar-refractivity contribution in [2.45, 2.75) is 39.0 Å². The number of halogens is 1. The van der Waals surface area contributed by atoms with Crippen molar-refractivity contribution in [2.75, 3.05) is 20.1 Å². The summed E-state index contributed by atoms with van der Waals surface area (Å²) in [4.78, 5) is 30.4. The van der Waals surface area contributed by atoms with E-state index in [-0.39, 0.29) is 48.5 Å². The lowest BCUT2D eigenvalue weighted by molar-refractivity contribution is -0.129. The third-order valence-electron chi connectivity index (χ3n) is 5.24. The third kappa shape index (κ3) is 7.51. The van der Waals surface area contributed by atoms with Crippen LogP contribution < -0.4 is 10.6 Å². The van der Waals surface area contributed by atoms with Gasteiger partial charge < -0.3 is 20.3 Å². The zero-order valence-corrected chi connectivity index (χ0v) is 20.9. The molecule has 1 heterocycles. The zero-order valence-electron chi connectivity index (χ0n) is 18.5. The van der Waals surface area contributed by atoms with E-state index in [4.69, 9.17) is 4.74 Å². The molecule has 1 saturated heterocycles. The first kappa shape index (κ1) is 25.6. The summed E-state index contributed by atoms with van der Waals surface area (Å²) in [7, 11) is 1.72. The Bertz CT molecular complexity index is 920. The molecule has 1 aliphatic rings. The van der Waals surface area contributed by atoms with Gasteiger partial charge in [0.15, 0.2) is 5.96 Å². The van der Waals surface area contributed by atoms with Gasteiger partial charge in [0, 0.05) is 39.1 Å². The maximum Gasteiger partial charge on any atom is 0.338 e. The number of likely N-dealkylation sites (tertiary alicyclic amines) is 1. The fraction of sp³-hybridized carbons (Fsp3) is 0.375. The van der Waals surface area contributed by atoms with E-state index in [1.807, 2.05) is 60.4 Å². The lowest BCUT2D eigenvalue weighted by Crippen LogP contribution is -2.44. The van der Waals surface area contributed by atoms with E-state index in [1.54, 1.807) is 13.1 Å². The lowest BCUT2D eigenvalue weighted by Gasteiger charge is -2.19. The first-order valence-electron chi connectivity index (χ1n) is 10.6. The molecule has 0 bridgehead atoms. The predicted octanol–water partition coefficient (Wildman–Crippen LogP) is 3.34. The largest absolute Gasteiger partial charge is 0.457 e. The number of benzene rings is 2. The summed E-state index contributed by atoms with van der Waals surface area (Å²) in [5.41, 5.74) is 2.42. The first-order chi connectivity index (χ1) is 15.1. The molecule has 2 N–H and O–H groups in total. The van der Waals surface area contributed by atoms with Crippen LogP contribution in [0.5, 0.6) is 0 Å². The van der Waals surface area contributed by atoms with Crippen LogP contribution in [0.3, 0.4) is 0 Å². The summed E-state index contributed by atoms with van der Waals surface area (Å²) in [5.74, 6) is 0.510. The van der Waals surface area contributed by atoms with Crippen molar-refractivity contribution in [2.24, 2.45) is 4.99 Å². The molecule has 0 spiro atoms. The highest BCUT2D eigenvalue weighted by atomic mass is 127. The van der Waals surface area contributed by atoms with Gasteiger partial charge in [0.2, 0.25) is 5.91 Å². The smallest absolute Gasteiger partial charge is 0.338 e. The van der Waals surface area contributed by atoms with Crippen molar-refractivity contribution in [3.63, 3.8) is 0 Å². The van der Waals surface area contributed by atoms with Crippen LogP contribution in [-0.4, -0.2) is 48.9 Å². The number of hydrogen-bond donors (Lipinski definition) is 2. The number of guanidine groups is 1. The van der Waals surface area contributed by atoms with Crippen molar-refractivity contribution >= 4 is 41.8 Å². The number of rotatable bonds is 7. The fourth-order valence-electron chi connectivity index (χ4n) is 3.52. The molecule has 0 saturated carbocycles. The molecule has 1 amide bonds. The second kappa shape index (κ2) is 13.0. The van der Waals surface area contributed by atoms with Gasteiger partial charge >= 0.3 is 5.97 Å². The molecule has 0 radical (unpaired) electrons. The van der Waals surface area contributed by atoms with Crippen LogP contribution >= 0.6 is 24.0 Å². The average Bonchev–Trinajstić information content (AvgIpc) is 3.29. The molecule has 0 aromatic heterocycles. The molecule has 1 atom stereocenters. The van der Waals surface area contributed by atoms with Crippen LogP contribution in [0.15, 0.2) is 59.6 Å². The number of esters is 1. The SMILES string of the molecule is CCC(=O)N1CCC(NC(=NC)NCc2cccc(C(=O)OCc3ccccc3)c2)C1.I. The molecule has 1 unspecified atom stereocenters. The molecule has 8 heteroatoms. The van der Waals surface area contributed by atoms with Gasteiger partial charge in [-0.15, -0.1) is 24.0 Å². The second-order valence-corrected chi connectivity index (χ2v) is 7.51. The minimum Gasteiger partial charge on any atom is -0.457 e. The standard InChI is InChI=1S/C24H30N4O3.HI/c1-3-22(29)28-13-12-21(16-28)27-24(25-2)26-15-19-10-7-11-20(14-19)23(30)31-17-18-8-5-4-6-9-18;/h4-11,14,21H,3,12-13,15-17H2,1-2H3,(H2,25,26,27);1H. The lowest BCUT2D eigenvalue weighted by atomic mass is 10.1. The van der Waals surface area contributed by atoms with E-state index in [1.165, 1.54) is 0 Å². The van der Waals surface area contributed by atoms with Gasteiger partial charge in [-0.05, 0) is 29.7 Å². The van der Waals surface area contributed by atoms with E-state index in [0.29, 0.717) is 31.0 Å². The summed E-state index contributed by atoms with van der Waals surface area (Å²) in [5, 5.41) is 6.65. The van der Waals surface area contributed by atoms with Crippen LogP contribution in [0.4, 0.5) is 0 Å². The van der Waals surface area contributed by atoms with Gasteiger partial charge in [0.1, 0.15) is 6.61 Å². The molecule has 172 valence electrons. The highest BCUT2D eigenvalue weighted by Gasteiger charge is 2.25. The van der Waals surface area contributed by atoms with Crippen LogP contribution in [0.2, 0.25) is 0 Å². The Morgan fingerprint density at radius 1 is 1.12 bits per heavy atom. The number of carbonyl (C=O) groups is 2. The number of aliphatic imine (C=N–C) groups is 1. The van der Waals surface area contributed by atoms with E-state index >= 15 is 0 Å². The predicted molar refractivity (Wildman–Crippen MR) is 136 cm³/mol. The number of carbonyl (C=O) groups excluding carboxylic acids is 2. The van der Waals surface area contributed by atoms with Gasteiger partial charge in [-0.1, -0.05) is 49.4 Å². The Morgan fingerprint density at radius 2 is 1.88 bits per heavy atom. The monoisotopic (exact) mass is 550 g/mol. The molecule has 7 nitrogen and oxygen atoms in total. The molecule has 1 fully saturated rings. The number of nitrogens with zero attached hydrogens (tertiary/aromatic N) is 2. The van der Waals surface area contributed by atoms with Gasteiger partial charge in [0.25, 0.3) is 0 Å². The van der Waals surface area contributed by atoms with Crippen LogP contribution in [0.25, 0.3) is 0 Å². The van der Waals surface area contributed by atoms with Gasteiger partial charge in [0.05, 0.1) is 5.56 Å². The first-order valence-corrected chi connectivity index (χ1v) is 10.6. The van der Waals surface area contributed by atoms with E-state index < -0.39 is 0 Å². The molecule has 0 aliphatic carbocycles. The van der Waals surface area contributed by atoms with E-state index in [0.717, 1.165) is 24.1 Å². The normalized spacial score (nSPS) is 15.6. The maximum absolute atomic E-state index is 12.4. The Hall–Kier alpha value is -2.62. The summed E-state index contributed by atoms with van der Waals surface area (Å²) in [6.07, 6.45) is 1.43. The van der Waals surface area contributed by atoms with Crippen molar-refractivity contribution in [1.29, 1.82) is 0 Å².